The van der Waals surface area contributed by atoms with Crippen LogP contribution in [0.15, 0.2) is 61.2 Å². The maximum Gasteiger partial charge on any atom is 0.171 e. The lowest BCUT2D eigenvalue weighted by Gasteiger charge is -2.17. The van der Waals surface area contributed by atoms with Gasteiger partial charge in [0.25, 0.3) is 0 Å². The molecule has 0 fully saturated rings. The van der Waals surface area contributed by atoms with Crippen molar-refractivity contribution >= 4 is 23.0 Å². The standard InChI is InChI=1S/C18H19FN2OS/c1-3-11-22-17-6-4-5-16(12-17)21-18(23)20-13(2)14-7-9-15(19)10-8-14/h3-10,12-13H,1,11H2,2H3,(H2,20,21,23)/t13-/m1/s1. The van der Waals surface area contributed by atoms with Crippen LogP contribution in [0, 0.1) is 5.82 Å². The molecule has 0 heterocycles. The van der Waals surface area contributed by atoms with Crippen molar-refractivity contribution in [3.8, 4) is 5.75 Å². The Hall–Kier alpha value is -2.40. The van der Waals surface area contributed by atoms with E-state index in [1.165, 1.54) is 12.1 Å². The molecule has 0 bridgehead atoms. The number of thiocarbonyl (C=S) groups is 1. The predicted molar refractivity (Wildman–Crippen MR) is 96.3 cm³/mol. The molecule has 0 unspecified atom stereocenters. The normalized spacial score (nSPS) is 11.4. The third-order valence-electron chi connectivity index (χ3n) is 3.18. The first kappa shape index (κ1) is 17.0. The number of halogens is 1. The Labute approximate surface area is 141 Å². The molecular formula is C18H19FN2OS. The second-order valence-corrected chi connectivity index (χ2v) is 5.41. The van der Waals surface area contributed by atoms with Gasteiger partial charge in [-0.1, -0.05) is 30.9 Å². The zero-order valence-corrected chi connectivity index (χ0v) is 13.7. The first-order chi connectivity index (χ1) is 11.1. The summed E-state index contributed by atoms with van der Waals surface area (Å²) in [4.78, 5) is 0. The summed E-state index contributed by atoms with van der Waals surface area (Å²) in [7, 11) is 0. The molecule has 0 amide bonds. The van der Waals surface area contributed by atoms with Gasteiger partial charge in [-0.25, -0.2) is 4.39 Å². The van der Waals surface area contributed by atoms with Crippen molar-refractivity contribution in [1.29, 1.82) is 0 Å². The summed E-state index contributed by atoms with van der Waals surface area (Å²) in [6.07, 6.45) is 1.69. The zero-order chi connectivity index (χ0) is 16.7. The van der Waals surface area contributed by atoms with Crippen molar-refractivity contribution in [2.75, 3.05) is 11.9 Å². The molecule has 5 heteroatoms. The largest absolute Gasteiger partial charge is 0.489 e. The highest BCUT2D eigenvalue weighted by Gasteiger charge is 2.07. The highest BCUT2D eigenvalue weighted by atomic mass is 32.1. The van der Waals surface area contributed by atoms with Gasteiger partial charge in [0.05, 0.1) is 6.04 Å². The monoisotopic (exact) mass is 330 g/mol. The Kier molecular flexibility index (Phi) is 6.11. The van der Waals surface area contributed by atoms with Crippen LogP contribution in [0.2, 0.25) is 0 Å². The van der Waals surface area contributed by atoms with Crippen molar-refractivity contribution in [2.24, 2.45) is 0 Å². The van der Waals surface area contributed by atoms with Gasteiger partial charge < -0.3 is 15.4 Å². The number of hydrogen-bond donors (Lipinski definition) is 2. The van der Waals surface area contributed by atoms with E-state index in [0.29, 0.717) is 11.7 Å². The average Bonchev–Trinajstić information content (AvgIpc) is 2.53. The molecule has 0 radical (unpaired) electrons. The van der Waals surface area contributed by atoms with Gasteiger partial charge in [-0.15, -0.1) is 0 Å². The lowest BCUT2D eigenvalue weighted by Crippen LogP contribution is -2.30. The van der Waals surface area contributed by atoms with Crippen molar-refractivity contribution in [1.82, 2.24) is 5.32 Å². The van der Waals surface area contributed by atoms with Crippen LogP contribution in [0.25, 0.3) is 0 Å². The molecule has 0 aliphatic heterocycles. The number of nitrogens with one attached hydrogen (secondary N) is 2. The minimum Gasteiger partial charge on any atom is -0.489 e. The first-order valence-electron chi connectivity index (χ1n) is 7.25. The minimum absolute atomic E-state index is 0.0317. The molecule has 1 atom stereocenters. The van der Waals surface area contributed by atoms with Gasteiger partial charge in [-0.3, -0.25) is 0 Å². The first-order valence-corrected chi connectivity index (χ1v) is 7.66. The lowest BCUT2D eigenvalue weighted by atomic mass is 10.1. The van der Waals surface area contributed by atoms with E-state index in [2.05, 4.69) is 17.2 Å². The zero-order valence-electron chi connectivity index (χ0n) is 12.9. The molecule has 0 saturated carbocycles. The maximum absolute atomic E-state index is 12.9. The van der Waals surface area contributed by atoms with Crippen LogP contribution in [0.4, 0.5) is 10.1 Å². The third-order valence-corrected chi connectivity index (χ3v) is 3.40. The predicted octanol–water partition coefficient (Wildman–Crippen LogP) is 4.44. The quantitative estimate of drug-likeness (QED) is 0.606. The molecule has 2 aromatic carbocycles. The summed E-state index contributed by atoms with van der Waals surface area (Å²) in [6, 6.07) is 13.8. The molecule has 0 spiro atoms. The summed E-state index contributed by atoms with van der Waals surface area (Å²) in [6.45, 7) is 6.03. The second-order valence-electron chi connectivity index (χ2n) is 5.00. The molecule has 0 aliphatic carbocycles. The van der Waals surface area contributed by atoms with E-state index in [4.69, 9.17) is 17.0 Å². The van der Waals surface area contributed by atoms with E-state index in [-0.39, 0.29) is 11.9 Å². The van der Waals surface area contributed by atoms with Crippen molar-refractivity contribution in [3.05, 3.63) is 72.6 Å². The highest BCUT2D eigenvalue weighted by molar-refractivity contribution is 7.80. The summed E-state index contributed by atoms with van der Waals surface area (Å²) >= 11 is 5.32. The number of hydrogen-bond acceptors (Lipinski definition) is 2. The van der Waals surface area contributed by atoms with Gasteiger partial charge in [0.1, 0.15) is 18.2 Å². The fourth-order valence-electron chi connectivity index (χ4n) is 2.02. The molecule has 23 heavy (non-hydrogen) atoms. The molecule has 0 saturated heterocycles. The van der Waals surface area contributed by atoms with Crippen LogP contribution in [0.5, 0.6) is 5.75 Å². The van der Waals surface area contributed by atoms with E-state index in [9.17, 15) is 4.39 Å². The van der Waals surface area contributed by atoms with Crippen LogP contribution in [-0.2, 0) is 0 Å². The summed E-state index contributed by atoms with van der Waals surface area (Å²) in [5.74, 6) is 0.488. The third kappa shape index (κ3) is 5.38. The molecule has 2 N–H and O–H groups in total. The Morgan fingerprint density at radius 1 is 1.30 bits per heavy atom. The molecule has 2 aromatic rings. The van der Waals surface area contributed by atoms with E-state index < -0.39 is 0 Å². The summed E-state index contributed by atoms with van der Waals surface area (Å²) in [5.41, 5.74) is 1.79. The molecule has 0 aliphatic rings. The summed E-state index contributed by atoms with van der Waals surface area (Å²) < 4.78 is 18.4. The molecular weight excluding hydrogens is 311 g/mol. The Morgan fingerprint density at radius 2 is 2.04 bits per heavy atom. The van der Waals surface area contributed by atoms with E-state index in [1.807, 2.05) is 31.2 Å². The Balaban J connectivity index is 1.93. The molecule has 3 nitrogen and oxygen atoms in total. The van der Waals surface area contributed by atoms with Crippen LogP contribution in [0.1, 0.15) is 18.5 Å². The highest BCUT2D eigenvalue weighted by Crippen LogP contribution is 2.18. The Morgan fingerprint density at radius 3 is 2.74 bits per heavy atom. The van der Waals surface area contributed by atoms with Crippen LogP contribution in [0.3, 0.4) is 0 Å². The second kappa shape index (κ2) is 8.29. The average molecular weight is 330 g/mol. The lowest BCUT2D eigenvalue weighted by molar-refractivity contribution is 0.363. The van der Waals surface area contributed by atoms with E-state index in [0.717, 1.165) is 17.0 Å². The molecule has 120 valence electrons. The molecule has 0 aromatic heterocycles. The Bertz CT molecular complexity index is 673. The van der Waals surface area contributed by atoms with Gasteiger partial charge in [-0.2, -0.15) is 0 Å². The van der Waals surface area contributed by atoms with Crippen molar-refractivity contribution < 1.29 is 9.13 Å². The van der Waals surface area contributed by atoms with Crippen molar-refractivity contribution in [3.63, 3.8) is 0 Å². The fourth-order valence-corrected chi connectivity index (χ4v) is 2.31. The van der Waals surface area contributed by atoms with Gasteiger partial charge in [-0.05, 0) is 49.0 Å². The smallest absolute Gasteiger partial charge is 0.171 e. The SMILES string of the molecule is C=CCOc1cccc(NC(=S)N[C@H](C)c2ccc(F)cc2)c1. The number of ether oxygens (including phenoxy) is 1. The van der Waals surface area contributed by atoms with E-state index >= 15 is 0 Å². The van der Waals surface area contributed by atoms with Gasteiger partial charge in [0.2, 0.25) is 0 Å². The van der Waals surface area contributed by atoms with E-state index in [1.54, 1.807) is 18.2 Å². The van der Waals surface area contributed by atoms with Crippen molar-refractivity contribution in [2.45, 2.75) is 13.0 Å². The maximum atomic E-state index is 12.9. The van der Waals surface area contributed by atoms with Crippen LogP contribution >= 0.6 is 12.2 Å². The molecule has 2 rings (SSSR count). The van der Waals surface area contributed by atoms with Crippen LogP contribution in [-0.4, -0.2) is 11.7 Å². The fraction of sp³-hybridized carbons (Fsp3) is 0.167. The topological polar surface area (TPSA) is 33.3 Å². The summed E-state index contributed by atoms with van der Waals surface area (Å²) in [5, 5.41) is 6.77. The van der Waals surface area contributed by atoms with Gasteiger partial charge >= 0.3 is 0 Å². The van der Waals surface area contributed by atoms with Gasteiger partial charge in [0.15, 0.2) is 5.11 Å². The number of rotatable bonds is 6. The minimum atomic E-state index is -0.252. The van der Waals surface area contributed by atoms with Crippen LogP contribution < -0.4 is 15.4 Å². The number of anilines is 1. The number of benzene rings is 2. The van der Waals surface area contributed by atoms with Gasteiger partial charge in [0, 0.05) is 11.8 Å².